The highest BCUT2D eigenvalue weighted by Gasteiger charge is 2.12. The number of carbonyl (C=O) groups is 1. The van der Waals surface area contributed by atoms with E-state index < -0.39 is 0 Å². The Kier molecular flexibility index (Phi) is 4.57. The highest BCUT2D eigenvalue weighted by Crippen LogP contribution is 2.20. The molecule has 0 aliphatic heterocycles. The number of carbonyl (C=O) groups excluding carboxylic acids is 1. The normalized spacial score (nSPS) is 11.9. The number of nitrogens with one attached hydrogen (secondary N) is 1. The number of oxazole rings is 1. The van der Waals surface area contributed by atoms with Gasteiger partial charge in [0.05, 0.1) is 12.2 Å². The average Bonchev–Trinajstić information content (AvgIpc) is 3.10. The minimum atomic E-state index is -0.107. The van der Waals surface area contributed by atoms with Gasteiger partial charge >= 0.3 is 0 Å². The van der Waals surface area contributed by atoms with Crippen molar-refractivity contribution in [2.75, 3.05) is 0 Å². The molecular weight excluding hydrogens is 356 g/mol. The maximum Gasteiger partial charge on any atom is 0.251 e. The van der Waals surface area contributed by atoms with E-state index in [0.29, 0.717) is 11.3 Å². The lowest BCUT2D eigenvalue weighted by Gasteiger charge is -2.14. The molecule has 0 saturated carbocycles. The summed E-state index contributed by atoms with van der Waals surface area (Å²) in [5, 5.41) is 3.00. The number of benzene rings is 2. The minimum Gasteiger partial charge on any atom is -0.444 e. The van der Waals surface area contributed by atoms with Crippen LogP contribution in [0.15, 0.2) is 70.0 Å². The van der Waals surface area contributed by atoms with Crippen LogP contribution in [-0.4, -0.2) is 10.9 Å². The third-order valence-corrected chi connectivity index (χ3v) is 4.11. The molecule has 3 rings (SSSR count). The number of amides is 1. The highest BCUT2D eigenvalue weighted by atomic mass is 79.9. The molecule has 2 aromatic carbocycles. The fourth-order valence-electron chi connectivity index (χ4n) is 2.26. The topological polar surface area (TPSA) is 55.1 Å². The molecule has 1 atom stereocenters. The molecule has 3 aromatic rings. The van der Waals surface area contributed by atoms with Gasteiger partial charge in [0.1, 0.15) is 0 Å². The summed E-state index contributed by atoms with van der Waals surface area (Å²) in [6.45, 7) is 1.96. The van der Waals surface area contributed by atoms with Crippen LogP contribution in [0.1, 0.15) is 28.9 Å². The molecule has 1 aromatic heterocycles. The van der Waals surface area contributed by atoms with Crippen LogP contribution in [0.2, 0.25) is 0 Å². The van der Waals surface area contributed by atoms with Gasteiger partial charge in [0.15, 0.2) is 12.2 Å². The minimum absolute atomic E-state index is 0.0652. The van der Waals surface area contributed by atoms with Crippen LogP contribution in [0.4, 0.5) is 0 Å². The number of halogens is 1. The Morgan fingerprint density at radius 3 is 2.43 bits per heavy atom. The Balaban J connectivity index is 1.69. The van der Waals surface area contributed by atoms with Crippen molar-refractivity contribution in [1.82, 2.24) is 10.3 Å². The van der Waals surface area contributed by atoms with E-state index in [1.54, 1.807) is 18.3 Å². The summed E-state index contributed by atoms with van der Waals surface area (Å²) in [5.41, 5.74) is 2.55. The number of hydrogen-bond donors (Lipinski definition) is 1. The summed E-state index contributed by atoms with van der Waals surface area (Å²) in [6, 6.07) is 15.1. The first-order valence-corrected chi connectivity index (χ1v) is 7.98. The van der Waals surface area contributed by atoms with Gasteiger partial charge in [0, 0.05) is 15.6 Å². The Morgan fingerprint density at radius 2 is 1.83 bits per heavy atom. The number of nitrogens with zero attached hydrogens (tertiary/aromatic N) is 1. The predicted molar refractivity (Wildman–Crippen MR) is 92.0 cm³/mol. The zero-order valence-corrected chi connectivity index (χ0v) is 14.1. The standard InChI is InChI=1S/C18H15BrN2O2/c1-12(13-6-8-16(19)9-7-13)21-18(22)15-4-2-14(3-5-15)17-10-20-11-23-17/h2-12H,1H3,(H,21,22). The maximum absolute atomic E-state index is 12.3. The summed E-state index contributed by atoms with van der Waals surface area (Å²) in [6.07, 6.45) is 3.03. The maximum atomic E-state index is 12.3. The molecule has 0 fully saturated rings. The molecule has 0 spiro atoms. The molecule has 0 aliphatic carbocycles. The van der Waals surface area contributed by atoms with Crippen molar-refractivity contribution < 1.29 is 9.21 Å². The second kappa shape index (κ2) is 6.79. The van der Waals surface area contributed by atoms with Crippen molar-refractivity contribution in [2.45, 2.75) is 13.0 Å². The SMILES string of the molecule is CC(NC(=O)c1ccc(-c2cnco2)cc1)c1ccc(Br)cc1. The fourth-order valence-corrected chi connectivity index (χ4v) is 2.52. The molecule has 0 saturated heterocycles. The predicted octanol–water partition coefficient (Wildman–Crippen LogP) is 4.60. The molecule has 0 radical (unpaired) electrons. The van der Waals surface area contributed by atoms with Crippen molar-refractivity contribution in [3.8, 4) is 11.3 Å². The van der Waals surface area contributed by atoms with E-state index in [1.807, 2.05) is 43.3 Å². The van der Waals surface area contributed by atoms with Gasteiger partial charge in [-0.05, 0) is 36.8 Å². The van der Waals surface area contributed by atoms with Gasteiger partial charge in [-0.1, -0.05) is 40.2 Å². The van der Waals surface area contributed by atoms with Crippen LogP contribution in [0.25, 0.3) is 11.3 Å². The molecule has 1 amide bonds. The smallest absolute Gasteiger partial charge is 0.251 e. The summed E-state index contributed by atoms with van der Waals surface area (Å²) >= 11 is 3.41. The Hall–Kier alpha value is -2.40. The van der Waals surface area contributed by atoms with Gasteiger partial charge in [-0.15, -0.1) is 0 Å². The van der Waals surface area contributed by atoms with Gasteiger partial charge < -0.3 is 9.73 Å². The van der Waals surface area contributed by atoms with Crippen molar-refractivity contribution >= 4 is 21.8 Å². The van der Waals surface area contributed by atoms with Gasteiger partial charge in [-0.25, -0.2) is 4.98 Å². The molecule has 1 unspecified atom stereocenters. The first kappa shape index (κ1) is 15.5. The number of aromatic nitrogens is 1. The summed E-state index contributed by atoms with van der Waals surface area (Å²) in [5.74, 6) is 0.574. The molecule has 1 heterocycles. The van der Waals surface area contributed by atoms with E-state index in [9.17, 15) is 4.79 Å². The third kappa shape index (κ3) is 3.68. The molecule has 0 bridgehead atoms. The number of hydrogen-bond acceptors (Lipinski definition) is 3. The van der Waals surface area contributed by atoms with Crippen molar-refractivity contribution in [3.05, 3.63) is 76.7 Å². The van der Waals surface area contributed by atoms with Gasteiger partial charge in [0.2, 0.25) is 0 Å². The van der Waals surface area contributed by atoms with E-state index in [0.717, 1.165) is 15.6 Å². The van der Waals surface area contributed by atoms with Crippen molar-refractivity contribution in [2.24, 2.45) is 0 Å². The second-order valence-corrected chi connectivity index (χ2v) is 6.11. The quantitative estimate of drug-likeness (QED) is 0.730. The Morgan fingerprint density at radius 1 is 1.13 bits per heavy atom. The molecule has 4 nitrogen and oxygen atoms in total. The molecule has 0 aliphatic rings. The van der Waals surface area contributed by atoms with E-state index in [4.69, 9.17) is 4.42 Å². The first-order valence-electron chi connectivity index (χ1n) is 7.19. The summed E-state index contributed by atoms with van der Waals surface area (Å²) < 4.78 is 6.25. The highest BCUT2D eigenvalue weighted by molar-refractivity contribution is 9.10. The molecule has 1 N–H and O–H groups in total. The van der Waals surface area contributed by atoms with E-state index in [-0.39, 0.29) is 11.9 Å². The van der Waals surface area contributed by atoms with Crippen molar-refractivity contribution in [3.63, 3.8) is 0 Å². The van der Waals surface area contributed by atoms with E-state index >= 15 is 0 Å². The lowest BCUT2D eigenvalue weighted by atomic mass is 10.1. The Bertz CT molecular complexity index is 781. The van der Waals surface area contributed by atoms with Gasteiger partial charge in [-0.2, -0.15) is 0 Å². The van der Waals surface area contributed by atoms with Gasteiger partial charge in [-0.3, -0.25) is 4.79 Å². The van der Waals surface area contributed by atoms with Crippen LogP contribution >= 0.6 is 15.9 Å². The first-order chi connectivity index (χ1) is 11.1. The zero-order chi connectivity index (χ0) is 16.2. The van der Waals surface area contributed by atoms with E-state index in [2.05, 4.69) is 26.2 Å². The third-order valence-electron chi connectivity index (χ3n) is 3.58. The lowest BCUT2D eigenvalue weighted by Crippen LogP contribution is -2.26. The van der Waals surface area contributed by atoms with Crippen LogP contribution < -0.4 is 5.32 Å². The fraction of sp³-hybridized carbons (Fsp3) is 0.111. The number of rotatable bonds is 4. The lowest BCUT2D eigenvalue weighted by molar-refractivity contribution is 0.0940. The second-order valence-electron chi connectivity index (χ2n) is 5.19. The van der Waals surface area contributed by atoms with Crippen LogP contribution in [0.5, 0.6) is 0 Å². The van der Waals surface area contributed by atoms with Gasteiger partial charge in [0.25, 0.3) is 5.91 Å². The summed E-state index contributed by atoms with van der Waals surface area (Å²) in [7, 11) is 0. The van der Waals surface area contributed by atoms with Crippen LogP contribution in [-0.2, 0) is 0 Å². The average molecular weight is 371 g/mol. The summed E-state index contributed by atoms with van der Waals surface area (Å²) in [4.78, 5) is 16.2. The molecule has 5 heteroatoms. The molecular formula is C18H15BrN2O2. The largest absolute Gasteiger partial charge is 0.444 e. The van der Waals surface area contributed by atoms with E-state index in [1.165, 1.54) is 6.39 Å². The molecule has 116 valence electrons. The monoisotopic (exact) mass is 370 g/mol. The Labute approximate surface area is 142 Å². The van der Waals surface area contributed by atoms with Crippen LogP contribution in [0.3, 0.4) is 0 Å². The van der Waals surface area contributed by atoms with Crippen LogP contribution in [0, 0.1) is 0 Å². The zero-order valence-electron chi connectivity index (χ0n) is 12.5. The van der Waals surface area contributed by atoms with Crippen molar-refractivity contribution in [1.29, 1.82) is 0 Å². The molecule has 23 heavy (non-hydrogen) atoms.